The number of H-pyrrole nitrogens is 1. The first-order valence-electron chi connectivity index (χ1n) is 7.96. The van der Waals surface area contributed by atoms with Crippen LogP contribution in [0.15, 0.2) is 53.6 Å². The first-order valence-corrected chi connectivity index (χ1v) is 7.96. The summed E-state index contributed by atoms with van der Waals surface area (Å²) in [7, 11) is 1.56. The number of methoxy groups -OCH3 is 1. The van der Waals surface area contributed by atoms with Crippen molar-refractivity contribution in [3.8, 4) is 5.75 Å². The molecule has 2 N–H and O–H groups in total. The Hall–Kier alpha value is -3.15. The van der Waals surface area contributed by atoms with Crippen LogP contribution in [0.25, 0.3) is 10.9 Å². The second-order valence-corrected chi connectivity index (χ2v) is 5.79. The molecular formula is C19H19N3O3. The monoisotopic (exact) mass is 337 g/mol. The number of pyridine rings is 2. The van der Waals surface area contributed by atoms with Gasteiger partial charge in [-0.15, -0.1) is 0 Å². The van der Waals surface area contributed by atoms with E-state index in [0.29, 0.717) is 11.3 Å². The molecular weight excluding hydrogens is 318 g/mol. The number of para-hydroxylation sites is 1. The summed E-state index contributed by atoms with van der Waals surface area (Å²) in [5.41, 5.74) is 1.78. The topological polar surface area (TPSA) is 84.1 Å². The number of fused-ring (bicyclic) bond motifs is 1. The van der Waals surface area contributed by atoms with Crippen molar-refractivity contribution >= 4 is 16.8 Å². The number of amides is 1. The molecule has 0 radical (unpaired) electrons. The number of hydrogen-bond acceptors (Lipinski definition) is 4. The van der Waals surface area contributed by atoms with E-state index < -0.39 is 0 Å². The molecule has 25 heavy (non-hydrogen) atoms. The second kappa shape index (κ2) is 7.17. The van der Waals surface area contributed by atoms with E-state index in [1.807, 2.05) is 31.2 Å². The van der Waals surface area contributed by atoms with Gasteiger partial charge in [0.25, 0.3) is 5.56 Å². The Kier molecular flexibility index (Phi) is 4.79. The molecule has 0 spiro atoms. The molecule has 3 aromatic rings. The van der Waals surface area contributed by atoms with Crippen LogP contribution in [0.4, 0.5) is 0 Å². The van der Waals surface area contributed by atoms with Crippen LogP contribution in [-0.2, 0) is 11.2 Å². The van der Waals surface area contributed by atoms with Crippen LogP contribution in [-0.4, -0.2) is 23.0 Å². The normalized spacial score (nSPS) is 11.9. The third-order valence-corrected chi connectivity index (χ3v) is 4.06. The Labute approximate surface area is 144 Å². The summed E-state index contributed by atoms with van der Waals surface area (Å²) in [5.74, 6) is 0.381. The van der Waals surface area contributed by atoms with Crippen molar-refractivity contribution in [3.05, 3.63) is 70.3 Å². The number of rotatable bonds is 5. The lowest BCUT2D eigenvalue weighted by atomic mass is 10.1. The van der Waals surface area contributed by atoms with E-state index in [2.05, 4.69) is 15.3 Å². The molecule has 128 valence electrons. The highest BCUT2D eigenvalue weighted by Crippen LogP contribution is 2.23. The largest absolute Gasteiger partial charge is 0.495 e. The molecule has 0 fully saturated rings. The fraction of sp³-hybridized carbons (Fsp3) is 0.211. The van der Waals surface area contributed by atoms with Gasteiger partial charge in [-0.1, -0.05) is 18.2 Å². The first kappa shape index (κ1) is 16.7. The Morgan fingerprint density at radius 1 is 1.32 bits per heavy atom. The van der Waals surface area contributed by atoms with Gasteiger partial charge in [-0.2, -0.15) is 0 Å². The number of carbonyl (C=O) groups is 1. The average Bonchev–Trinajstić information content (AvgIpc) is 2.62. The van der Waals surface area contributed by atoms with E-state index in [1.165, 1.54) is 0 Å². The molecule has 0 aliphatic heterocycles. The summed E-state index contributed by atoms with van der Waals surface area (Å²) in [6, 6.07) is 10.8. The van der Waals surface area contributed by atoms with Crippen molar-refractivity contribution in [2.45, 2.75) is 19.4 Å². The number of hydrogen-bond donors (Lipinski definition) is 2. The zero-order valence-electron chi connectivity index (χ0n) is 14.1. The molecule has 0 aliphatic carbocycles. The van der Waals surface area contributed by atoms with Crippen LogP contribution >= 0.6 is 0 Å². The molecule has 1 amide bonds. The molecule has 2 heterocycles. The molecule has 1 aromatic carbocycles. The minimum Gasteiger partial charge on any atom is -0.495 e. The minimum atomic E-state index is -0.259. The Bertz CT molecular complexity index is 965. The second-order valence-electron chi connectivity index (χ2n) is 5.79. The van der Waals surface area contributed by atoms with Crippen LogP contribution in [0.2, 0.25) is 0 Å². The zero-order chi connectivity index (χ0) is 17.8. The van der Waals surface area contributed by atoms with Gasteiger partial charge in [0.2, 0.25) is 5.91 Å². The quantitative estimate of drug-likeness (QED) is 0.748. The number of carbonyl (C=O) groups excluding carboxylic acids is 1. The van der Waals surface area contributed by atoms with Crippen LogP contribution in [0.5, 0.6) is 5.75 Å². The smallest absolute Gasteiger partial charge is 0.252 e. The number of nitrogens with one attached hydrogen (secondary N) is 2. The van der Waals surface area contributed by atoms with Gasteiger partial charge in [-0.3, -0.25) is 14.6 Å². The number of ether oxygens (including phenoxy) is 1. The summed E-state index contributed by atoms with van der Waals surface area (Å²) in [6.07, 6.45) is 3.26. The standard InChI is InChI=1S/C19H19N3O3/c1-12(15-7-8-20-11-17(15)25-2)21-18(23)10-14-9-13-5-3-4-6-16(13)22-19(14)24/h3-9,11-12H,10H2,1-2H3,(H,21,23)(H,22,24). The van der Waals surface area contributed by atoms with Gasteiger partial charge < -0.3 is 15.0 Å². The molecule has 6 heteroatoms. The third kappa shape index (κ3) is 3.68. The Morgan fingerprint density at radius 3 is 2.92 bits per heavy atom. The predicted octanol–water partition coefficient (Wildman–Crippen LogP) is 2.35. The Balaban J connectivity index is 1.76. The molecule has 0 saturated carbocycles. The number of nitrogens with zero attached hydrogens (tertiary/aromatic N) is 1. The maximum atomic E-state index is 12.4. The highest BCUT2D eigenvalue weighted by Gasteiger charge is 2.15. The SMILES string of the molecule is COc1cnccc1C(C)NC(=O)Cc1cc2ccccc2[nH]c1=O. The summed E-state index contributed by atoms with van der Waals surface area (Å²) in [5, 5.41) is 3.79. The molecule has 0 saturated heterocycles. The van der Waals surface area contributed by atoms with E-state index in [0.717, 1.165) is 16.5 Å². The van der Waals surface area contributed by atoms with Crippen molar-refractivity contribution in [3.63, 3.8) is 0 Å². The third-order valence-electron chi connectivity index (χ3n) is 4.06. The lowest BCUT2D eigenvalue weighted by Gasteiger charge is -2.16. The van der Waals surface area contributed by atoms with E-state index in [4.69, 9.17) is 4.74 Å². The van der Waals surface area contributed by atoms with E-state index in [1.54, 1.807) is 31.6 Å². The number of aromatic nitrogens is 2. The van der Waals surface area contributed by atoms with E-state index in [9.17, 15) is 9.59 Å². The van der Waals surface area contributed by atoms with Crippen LogP contribution in [0.1, 0.15) is 24.1 Å². The summed E-state index contributed by atoms with van der Waals surface area (Å²) in [4.78, 5) is 31.3. The highest BCUT2D eigenvalue weighted by atomic mass is 16.5. The van der Waals surface area contributed by atoms with Gasteiger partial charge >= 0.3 is 0 Å². The molecule has 0 bridgehead atoms. The van der Waals surface area contributed by atoms with Crippen LogP contribution in [0, 0.1) is 0 Å². The fourth-order valence-corrected chi connectivity index (χ4v) is 2.79. The van der Waals surface area contributed by atoms with Crippen molar-refractivity contribution in [1.29, 1.82) is 0 Å². The molecule has 6 nitrogen and oxygen atoms in total. The van der Waals surface area contributed by atoms with Crippen molar-refractivity contribution in [2.75, 3.05) is 7.11 Å². The maximum Gasteiger partial charge on any atom is 0.252 e. The minimum absolute atomic E-state index is 0.0118. The lowest BCUT2D eigenvalue weighted by molar-refractivity contribution is -0.121. The van der Waals surface area contributed by atoms with Gasteiger partial charge in [0.05, 0.1) is 25.8 Å². The average molecular weight is 337 g/mol. The van der Waals surface area contributed by atoms with Gasteiger partial charge in [0.1, 0.15) is 5.75 Å². The van der Waals surface area contributed by atoms with Gasteiger partial charge in [0.15, 0.2) is 0 Å². The number of benzene rings is 1. The molecule has 2 aromatic heterocycles. The lowest BCUT2D eigenvalue weighted by Crippen LogP contribution is -2.30. The van der Waals surface area contributed by atoms with Crippen molar-refractivity contribution in [2.24, 2.45) is 0 Å². The van der Waals surface area contributed by atoms with Gasteiger partial charge in [0, 0.05) is 22.8 Å². The molecule has 1 atom stereocenters. The fourth-order valence-electron chi connectivity index (χ4n) is 2.79. The summed E-state index contributed by atoms with van der Waals surface area (Å²) in [6.45, 7) is 1.86. The maximum absolute atomic E-state index is 12.4. The van der Waals surface area contributed by atoms with Gasteiger partial charge in [-0.25, -0.2) is 0 Å². The van der Waals surface area contributed by atoms with Crippen LogP contribution < -0.4 is 15.6 Å². The molecule has 1 unspecified atom stereocenters. The predicted molar refractivity (Wildman–Crippen MR) is 95.6 cm³/mol. The van der Waals surface area contributed by atoms with Crippen molar-refractivity contribution < 1.29 is 9.53 Å². The van der Waals surface area contributed by atoms with Gasteiger partial charge in [-0.05, 0) is 30.5 Å². The molecule has 0 aliphatic rings. The highest BCUT2D eigenvalue weighted by molar-refractivity contribution is 5.82. The zero-order valence-corrected chi connectivity index (χ0v) is 14.1. The number of aromatic amines is 1. The van der Waals surface area contributed by atoms with E-state index >= 15 is 0 Å². The van der Waals surface area contributed by atoms with E-state index in [-0.39, 0.29) is 23.9 Å². The molecule has 3 rings (SSSR count). The first-order chi connectivity index (χ1) is 12.1. The van der Waals surface area contributed by atoms with Crippen LogP contribution in [0.3, 0.4) is 0 Å². The summed E-state index contributed by atoms with van der Waals surface area (Å²) >= 11 is 0. The Morgan fingerprint density at radius 2 is 2.12 bits per heavy atom. The summed E-state index contributed by atoms with van der Waals surface area (Å²) < 4.78 is 5.26. The van der Waals surface area contributed by atoms with Crippen molar-refractivity contribution in [1.82, 2.24) is 15.3 Å².